The summed E-state index contributed by atoms with van der Waals surface area (Å²) < 4.78 is 4.52. The van der Waals surface area contributed by atoms with E-state index in [2.05, 4.69) is 4.74 Å². The lowest BCUT2D eigenvalue weighted by Gasteiger charge is -2.25. The summed E-state index contributed by atoms with van der Waals surface area (Å²) >= 11 is 0. The molecule has 1 heterocycles. The highest BCUT2D eigenvalue weighted by Crippen LogP contribution is 2.37. The number of ether oxygens (including phenoxy) is 1. The van der Waals surface area contributed by atoms with E-state index in [0.717, 1.165) is 12.0 Å². The maximum absolute atomic E-state index is 12.2. The van der Waals surface area contributed by atoms with Crippen molar-refractivity contribution in [1.29, 1.82) is 0 Å². The Hall–Kier alpha value is -3.23. The van der Waals surface area contributed by atoms with Gasteiger partial charge < -0.3 is 14.7 Å². The number of nitrogens with zero attached hydrogens (tertiary/aromatic N) is 2. The van der Waals surface area contributed by atoms with Gasteiger partial charge in [-0.2, -0.15) is 0 Å². The van der Waals surface area contributed by atoms with E-state index in [1.807, 2.05) is 0 Å². The Kier molecular flexibility index (Phi) is 4.63. The van der Waals surface area contributed by atoms with E-state index >= 15 is 0 Å². The highest BCUT2D eigenvalue weighted by atomic mass is 16.6. The predicted octanol–water partition coefficient (Wildman–Crippen LogP) is 1.05. The number of ketones is 1. The number of carbonyl (C=O) groups excluding carboxylic acids is 3. The van der Waals surface area contributed by atoms with Crippen molar-refractivity contribution in [3.63, 3.8) is 0 Å². The molecule has 1 aliphatic heterocycles. The van der Waals surface area contributed by atoms with E-state index in [0.29, 0.717) is 5.56 Å². The molecule has 1 aromatic rings. The number of nitro groups is 1. The Bertz CT molecular complexity index is 752. The highest BCUT2D eigenvalue weighted by molar-refractivity contribution is 6.08. The fourth-order valence-electron chi connectivity index (χ4n) is 2.50. The van der Waals surface area contributed by atoms with E-state index in [4.69, 9.17) is 0 Å². The third kappa shape index (κ3) is 2.96. The second-order valence-corrected chi connectivity index (χ2v) is 5.08. The van der Waals surface area contributed by atoms with Crippen LogP contribution in [0.2, 0.25) is 0 Å². The van der Waals surface area contributed by atoms with Gasteiger partial charge in [-0.1, -0.05) is 0 Å². The van der Waals surface area contributed by atoms with Crippen LogP contribution in [0, 0.1) is 10.1 Å². The molecular weight excluding hydrogens is 320 g/mol. The van der Waals surface area contributed by atoms with Crippen molar-refractivity contribution in [2.45, 2.75) is 13.0 Å². The van der Waals surface area contributed by atoms with Gasteiger partial charge in [-0.25, -0.2) is 0 Å². The quantitative estimate of drug-likeness (QED) is 0.484. The molecule has 0 spiro atoms. The zero-order chi connectivity index (χ0) is 18.0. The second-order valence-electron chi connectivity index (χ2n) is 5.08. The standard InChI is InChI=1S/C15H14N2O7/c1-8(18)12-13(9-3-5-10(6-4-9)17(22)23)16(7-11(19)24-2)15(21)14(12)20/h3-6,13,20H,7H2,1-2H3/t13-/m0/s1. The van der Waals surface area contributed by atoms with Crippen LogP contribution in [0.4, 0.5) is 5.69 Å². The fourth-order valence-corrected chi connectivity index (χ4v) is 2.50. The number of methoxy groups -OCH3 is 1. The summed E-state index contributed by atoms with van der Waals surface area (Å²) in [6, 6.07) is 4.13. The fraction of sp³-hybridized carbons (Fsp3) is 0.267. The number of aliphatic hydroxyl groups is 1. The molecule has 2 rings (SSSR count). The summed E-state index contributed by atoms with van der Waals surface area (Å²) in [5.74, 6) is -2.90. The first-order valence-corrected chi connectivity index (χ1v) is 6.84. The lowest BCUT2D eigenvalue weighted by molar-refractivity contribution is -0.384. The molecule has 0 unspecified atom stereocenters. The molecule has 0 aromatic heterocycles. The minimum Gasteiger partial charge on any atom is -0.503 e. The largest absolute Gasteiger partial charge is 0.503 e. The summed E-state index contributed by atoms with van der Waals surface area (Å²) in [5, 5.41) is 20.7. The number of non-ortho nitro benzene ring substituents is 1. The summed E-state index contributed by atoms with van der Waals surface area (Å²) in [7, 11) is 1.14. The Morgan fingerprint density at radius 2 is 1.92 bits per heavy atom. The minimum atomic E-state index is -1.02. The number of aliphatic hydroxyl groups excluding tert-OH is 1. The van der Waals surface area contributed by atoms with Crippen LogP contribution < -0.4 is 0 Å². The zero-order valence-electron chi connectivity index (χ0n) is 12.9. The molecule has 0 saturated heterocycles. The van der Waals surface area contributed by atoms with E-state index in [1.165, 1.54) is 31.2 Å². The van der Waals surface area contributed by atoms with Crippen LogP contribution in [0.1, 0.15) is 18.5 Å². The molecule has 1 aromatic carbocycles. The van der Waals surface area contributed by atoms with Gasteiger partial charge >= 0.3 is 5.97 Å². The highest BCUT2D eigenvalue weighted by Gasteiger charge is 2.43. The van der Waals surface area contributed by atoms with Crippen LogP contribution in [0.25, 0.3) is 0 Å². The Morgan fingerprint density at radius 3 is 2.38 bits per heavy atom. The van der Waals surface area contributed by atoms with E-state index in [1.54, 1.807) is 0 Å². The molecule has 1 N–H and O–H groups in total. The third-order valence-electron chi connectivity index (χ3n) is 3.63. The van der Waals surface area contributed by atoms with Crippen LogP contribution in [0.3, 0.4) is 0 Å². The van der Waals surface area contributed by atoms with Gasteiger partial charge in [-0.15, -0.1) is 0 Å². The average Bonchev–Trinajstić information content (AvgIpc) is 2.79. The molecule has 9 heteroatoms. The lowest BCUT2D eigenvalue weighted by Crippen LogP contribution is -2.36. The summed E-state index contributed by atoms with van der Waals surface area (Å²) in [6.45, 7) is 0.705. The number of rotatable bonds is 5. The van der Waals surface area contributed by atoms with Gasteiger partial charge in [0, 0.05) is 12.1 Å². The number of Topliss-reactive ketones (excluding diaryl/α,β-unsaturated/α-hetero) is 1. The summed E-state index contributed by atoms with van der Waals surface area (Å²) in [5.41, 5.74) is 0.0185. The van der Waals surface area contributed by atoms with Crippen molar-refractivity contribution in [1.82, 2.24) is 4.90 Å². The van der Waals surface area contributed by atoms with Crippen LogP contribution in [-0.2, 0) is 19.1 Å². The van der Waals surface area contributed by atoms with Crippen LogP contribution in [-0.4, -0.2) is 46.2 Å². The van der Waals surface area contributed by atoms with Gasteiger partial charge in [0.1, 0.15) is 6.54 Å². The van der Waals surface area contributed by atoms with Gasteiger partial charge in [0.2, 0.25) is 0 Å². The van der Waals surface area contributed by atoms with E-state index < -0.39 is 40.9 Å². The zero-order valence-corrected chi connectivity index (χ0v) is 12.9. The molecule has 0 aliphatic carbocycles. The maximum Gasteiger partial charge on any atom is 0.325 e. The average molecular weight is 334 g/mol. The van der Waals surface area contributed by atoms with Crippen molar-refractivity contribution in [2.24, 2.45) is 0 Å². The Morgan fingerprint density at radius 1 is 1.33 bits per heavy atom. The monoisotopic (exact) mass is 334 g/mol. The van der Waals surface area contributed by atoms with Gasteiger partial charge in [-0.05, 0) is 24.6 Å². The molecule has 1 aliphatic rings. The van der Waals surface area contributed by atoms with Crippen molar-refractivity contribution in [3.05, 3.63) is 51.3 Å². The number of hydrogen-bond donors (Lipinski definition) is 1. The molecule has 1 atom stereocenters. The van der Waals surface area contributed by atoms with Crippen LogP contribution >= 0.6 is 0 Å². The molecule has 0 bridgehead atoms. The molecule has 9 nitrogen and oxygen atoms in total. The molecule has 24 heavy (non-hydrogen) atoms. The molecule has 126 valence electrons. The summed E-state index contributed by atoms with van der Waals surface area (Å²) in [6.07, 6.45) is 0. The second kappa shape index (κ2) is 6.49. The maximum atomic E-state index is 12.2. The molecule has 0 saturated carbocycles. The Labute approximate surface area is 136 Å². The minimum absolute atomic E-state index is 0.167. The van der Waals surface area contributed by atoms with E-state index in [9.17, 15) is 29.6 Å². The number of esters is 1. The van der Waals surface area contributed by atoms with Gasteiger partial charge in [-0.3, -0.25) is 24.5 Å². The number of hydrogen-bond acceptors (Lipinski definition) is 7. The van der Waals surface area contributed by atoms with E-state index in [-0.39, 0.29) is 11.3 Å². The molecule has 1 amide bonds. The molecular formula is C15H14N2O7. The number of carbonyl (C=O) groups is 3. The third-order valence-corrected chi connectivity index (χ3v) is 3.63. The smallest absolute Gasteiger partial charge is 0.325 e. The SMILES string of the molecule is COC(=O)CN1C(=O)C(O)=C(C(C)=O)[C@@H]1c1ccc([N+](=O)[O-])cc1. The first kappa shape index (κ1) is 17.1. The van der Waals surface area contributed by atoms with Gasteiger partial charge in [0.25, 0.3) is 11.6 Å². The van der Waals surface area contributed by atoms with Crippen molar-refractivity contribution in [3.8, 4) is 0 Å². The van der Waals surface area contributed by atoms with Crippen LogP contribution in [0.15, 0.2) is 35.6 Å². The normalized spacial score (nSPS) is 17.2. The van der Waals surface area contributed by atoms with Crippen molar-refractivity contribution < 1.29 is 29.2 Å². The molecule has 0 fully saturated rings. The van der Waals surface area contributed by atoms with Gasteiger partial charge in [0.05, 0.1) is 23.6 Å². The number of benzene rings is 1. The predicted molar refractivity (Wildman–Crippen MR) is 79.9 cm³/mol. The number of amides is 1. The van der Waals surface area contributed by atoms with Crippen molar-refractivity contribution in [2.75, 3.05) is 13.7 Å². The number of nitro benzene ring substituents is 1. The first-order valence-electron chi connectivity index (χ1n) is 6.84. The Balaban J connectivity index is 2.50. The van der Waals surface area contributed by atoms with Gasteiger partial charge in [0.15, 0.2) is 11.5 Å². The molecule has 0 radical (unpaired) electrons. The summed E-state index contributed by atoms with van der Waals surface area (Å²) in [4.78, 5) is 46.7. The van der Waals surface area contributed by atoms with Crippen LogP contribution in [0.5, 0.6) is 0 Å². The lowest BCUT2D eigenvalue weighted by atomic mass is 9.96. The first-order chi connectivity index (χ1) is 11.3. The topological polar surface area (TPSA) is 127 Å². The van der Waals surface area contributed by atoms with Crippen molar-refractivity contribution >= 4 is 23.3 Å².